The second-order valence-electron chi connectivity index (χ2n) is 5.58. The van der Waals surface area contributed by atoms with Crippen LogP contribution in [0.25, 0.3) is 0 Å². The van der Waals surface area contributed by atoms with Gasteiger partial charge in [-0.2, -0.15) is 0 Å². The Morgan fingerprint density at radius 1 is 1.12 bits per heavy atom. The molecular formula is C14H29NO. The molecular weight excluding hydrogens is 198 g/mol. The van der Waals surface area contributed by atoms with Gasteiger partial charge in [0.05, 0.1) is 0 Å². The first kappa shape index (κ1) is 14.0. The molecule has 1 aliphatic rings. The Labute approximate surface area is 101 Å². The Balaban J connectivity index is 2.28. The molecule has 1 saturated heterocycles. The van der Waals surface area contributed by atoms with Crippen molar-refractivity contribution in [3.05, 3.63) is 0 Å². The van der Waals surface area contributed by atoms with Crippen molar-refractivity contribution >= 4 is 0 Å². The van der Waals surface area contributed by atoms with Crippen molar-refractivity contribution in [1.82, 2.24) is 5.32 Å². The molecule has 2 heteroatoms. The van der Waals surface area contributed by atoms with E-state index in [0.29, 0.717) is 5.41 Å². The summed E-state index contributed by atoms with van der Waals surface area (Å²) < 4.78 is 5.44. The number of rotatable bonds is 7. The molecule has 0 aliphatic carbocycles. The van der Waals surface area contributed by atoms with Crippen molar-refractivity contribution in [2.24, 2.45) is 5.41 Å². The topological polar surface area (TPSA) is 21.3 Å². The predicted molar refractivity (Wildman–Crippen MR) is 69.8 cm³/mol. The third kappa shape index (κ3) is 4.84. The molecule has 1 fully saturated rings. The Morgan fingerprint density at radius 3 is 2.19 bits per heavy atom. The second kappa shape index (κ2) is 7.29. The Kier molecular flexibility index (Phi) is 6.37. The predicted octanol–water partition coefficient (Wildman–Crippen LogP) is 3.36. The summed E-state index contributed by atoms with van der Waals surface area (Å²) in [6.45, 7) is 10.0. The zero-order valence-electron chi connectivity index (χ0n) is 11.3. The molecule has 0 bridgehead atoms. The first-order valence-corrected chi connectivity index (χ1v) is 7.01. The third-order valence-electron chi connectivity index (χ3n) is 3.79. The molecule has 0 spiro atoms. The van der Waals surface area contributed by atoms with Crippen LogP contribution in [0, 0.1) is 5.41 Å². The van der Waals surface area contributed by atoms with Crippen molar-refractivity contribution in [2.45, 2.75) is 65.3 Å². The minimum atomic E-state index is 0.470. The number of ether oxygens (including phenoxy) is 1. The van der Waals surface area contributed by atoms with Crippen LogP contribution >= 0.6 is 0 Å². The molecule has 0 aromatic heterocycles. The highest BCUT2D eigenvalue weighted by atomic mass is 16.5. The second-order valence-corrected chi connectivity index (χ2v) is 5.58. The molecule has 2 nitrogen and oxygen atoms in total. The van der Waals surface area contributed by atoms with E-state index in [4.69, 9.17) is 4.74 Å². The first-order valence-electron chi connectivity index (χ1n) is 7.01. The molecule has 1 heterocycles. The zero-order chi connectivity index (χ0) is 11.9. The lowest BCUT2D eigenvalue weighted by molar-refractivity contribution is 0.0226. The van der Waals surface area contributed by atoms with E-state index >= 15 is 0 Å². The average Bonchev–Trinajstić information content (AvgIpc) is 2.28. The summed E-state index contributed by atoms with van der Waals surface area (Å²) in [6, 6.07) is 0.731. The van der Waals surface area contributed by atoms with Crippen LogP contribution in [-0.2, 0) is 4.74 Å². The summed E-state index contributed by atoms with van der Waals surface area (Å²) >= 11 is 0. The van der Waals surface area contributed by atoms with Gasteiger partial charge in [0.15, 0.2) is 0 Å². The summed E-state index contributed by atoms with van der Waals surface area (Å²) in [5.74, 6) is 0. The molecule has 1 N–H and O–H groups in total. The molecule has 16 heavy (non-hydrogen) atoms. The molecule has 1 rings (SSSR count). The number of nitrogens with one attached hydrogen (secondary N) is 1. The van der Waals surface area contributed by atoms with Crippen LogP contribution in [0.5, 0.6) is 0 Å². The normalized spacial score (nSPS) is 20.2. The van der Waals surface area contributed by atoms with E-state index < -0.39 is 0 Å². The van der Waals surface area contributed by atoms with Crippen LogP contribution < -0.4 is 5.32 Å². The quantitative estimate of drug-likeness (QED) is 0.720. The maximum atomic E-state index is 5.44. The van der Waals surface area contributed by atoms with Gasteiger partial charge < -0.3 is 10.1 Å². The lowest BCUT2D eigenvalue weighted by Gasteiger charge is -2.35. The molecule has 0 aromatic carbocycles. The monoisotopic (exact) mass is 227 g/mol. The summed E-state index contributed by atoms with van der Waals surface area (Å²) in [6.07, 6.45) is 7.64. The molecule has 0 atom stereocenters. The summed E-state index contributed by atoms with van der Waals surface area (Å²) in [4.78, 5) is 0. The van der Waals surface area contributed by atoms with Gasteiger partial charge in [0.2, 0.25) is 0 Å². The van der Waals surface area contributed by atoms with E-state index in [-0.39, 0.29) is 0 Å². The van der Waals surface area contributed by atoms with Crippen molar-refractivity contribution < 1.29 is 4.74 Å². The lowest BCUT2D eigenvalue weighted by atomic mass is 9.82. The fourth-order valence-electron chi connectivity index (χ4n) is 2.48. The fourth-order valence-corrected chi connectivity index (χ4v) is 2.48. The van der Waals surface area contributed by atoms with E-state index in [2.05, 4.69) is 26.1 Å². The SMILES string of the molecule is CCCC(CCC)NCC1(C)CCOCC1. The molecule has 0 amide bonds. The first-order chi connectivity index (χ1) is 7.70. The van der Waals surface area contributed by atoms with Gasteiger partial charge in [-0.3, -0.25) is 0 Å². The van der Waals surface area contributed by atoms with Crippen molar-refractivity contribution in [3.63, 3.8) is 0 Å². The molecule has 0 radical (unpaired) electrons. The molecule has 0 unspecified atom stereocenters. The van der Waals surface area contributed by atoms with Crippen molar-refractivity contribution in [1.29, 1.82) is 0 Å². The standard InChI is InChI=1S/C14H29NO/c1-4-6-13(7-5-2)15-12-14(3)8-10-16-11-9-14/h13,15H,4-12H2,1-3H3. The van der Waals surface area contributed by atoms with E-state index in [9.17, 15) is 0 Å². The van der Waals surface area contributed by atoms with Crippen LogP contribution in [0.15, 0.2) is 0 Å². The average molecular weight is 227 g/mol. The maximum Gasteiger partial charge on any atom is 0.0471 e. The fraction of sp³-hybridized carbons (Fsp3) is 1.00. The minimum absolute atomic E-state index is 0.470. The van der Waals surface area contributed by atoms with Gasteiger partial charge in [0.25, 0.3) is 0 Å². The van der Waals surface area contributed by atoms with E-state index in [1.54, 1.807) is 0 Å². The van der Waals surface area contributed by atoms with Gasteiger partial charge >= 0.3 is 0 Å². The van der Waals surface area contributed by atoms with Gasteiger partial charge in [-0.15, -0.1) is 0 Å². The lowest BCUT2D eigenvalue weighted by Crippen LogP contribution is -2.41. The molecule has 0 aromatic rings. The summed E-state index contributed by atoms with van der Waals surface area (Å²) in [7, 11) is 0. The summed E-state index contributed by atoms with van der Waals surface area (Å²) in [5, 5.41) is 3.78. The van der Waals surface area contributed by atoms with Crippen LogP contribution in [0.1, 0.15) is 59.3 Å². The highest BCUT2D eigenvalue weighted by Crippen LogP contribution is 2.29. The van der Waals surface area contributed by atoms with E-state index in [0.717, 1.165) is 19.3 Å². The van der Waals surface area contributed by atoms with E-state index in [1.807, 2.05) is 0 Å². The van der Waals surface area contributed by atoms with Gasteiger partial charge in [-0.25, -0.2) is 0 Å². The summed E-state index contributed by atoms with van der Waals surface area (Å²) in [5.41, 5.74) is 0.470. The largest absolute Gasteiger partial charge is 0.381 e. The maximum absolute atomic E-state index is 5.44. The Bertz CT molecular complexity index is 170. The highest BCUT2D eigenvalue weighted by Gasteiger charge is 2.27. The number of hydrogen-bond acceptors (Lipinski definition) is 2. The van der Waals surface area contributed by atoms with Crippen LogP contribution in [0.2, 0.25) is 0 Å². The van der Waals surface area contributed by atoms with Crippen LogP contribution in [-0.4, -0.2) is 25.8 Å². The highest BCUT2D eigenvalue weighted by molar-refractivity contribution is 4.81. The smallest absolute Gasteiger partial charge is 0.0471 e. The van der Waals surface area contributed by atoms with Crippen molar-refractivity contribution in [3.8, 4) is 0 Å². The van der Waals surface area contributed by atoms with Gasteiger partial charge in [0.1, 0.15) is 0 Å². The molecule has 1 aliphatic heterocycles. The van der Waals surface area contributed by atoms with Crippen LogP contribution in [0.3, 0.4) is 0 Å². The Hall–Kier alpha value is -0.0800. The minimum Gasteiger partial charge on any atom is -0.381 e. The van der Waals surface area contributed by atoms with Crippen molar-refractivity contribution in [2.75, 3.05) is 19.8 Å². The third-order valence-corrected chi connectivity index (χ3v) is 3.79. The van der Waals surface area contributed by atoms with E-state index in [1.165, 1.54) is 45.1 Å². The van der Waals surface area contributed by atoms with Gasteiger partial charge in [-0.05, 0) is 31.1 Å². The molecule has 0 saturated carbocycles. The number of hydrogen-bond donors (Lipinski definition) is 1. The molecule has 96 valence electrons. The van der Waals surface area contributed by atoms with Gasteiger partial charge in [-0.1, -0.05) is 33.6 Å². The van der Waals surface area contributed by atoms with Crippen LogP contribution in [0.4, 0.5) is 0 Å². The Morgan fingerprint density at radius 2 is 1.69 bits per heavy atom. The van der Waals surface area contributed by atoms with Gasteiger partial charge in [0, 0.05) is 25.8 Å². The zero-order valence-corrected chi connectivity index (χ0v) is 11.3.